The van der Waals surface area contributed by atoms with Gasteiger partial charge in [-0.3, -0.25) is 4.79 Å². The molecule has 0 spiro atoms. The van der Waals surface area contributed by atoms with Crippen LogP contribution in [0.4, 0.5) is 0 Å². The van der Waals surface area contributed by atoms with E-state index in [9.17, 15) is 13.2 Å². The highest BCUT2D eigenvalue weighted by atomic mass is 32.2. The predicted octanol–water partition coefficient (Wildman–Crippen LogP) is 6.21. The minimum Gasteiger partial charge on any atom is -0.454 e. The molecule has 5 rings (SSSR count). The van der Waals surface area contributed by atoms with E-state index in [1.807, 2.05) is 66.9 Å². The number of carbonyl (C=O) groups is 1. The molecule has 0 aliphatic heterocycles. The van der Waals surface area contributed by atoms with Gasteiger partial charge in [-0.15, -0.1) is 0 Å². The number of carbonyl (C=O) groups excluding carboxylic acids is 1. The van der Waals surface area contributed by atoms with Crippen LogP contribution in [0.5, 0.6) is 0 Å². The molecule has 0 saturated carbocycles. The average Bonchev–Trinajstić information content (AvgIpc) is 3.57. The lowest BCUT2D eigenvalue weighted by Gasteiger charge is -2.18. The molecule has 0 radical (unpaired) electrons. The Kier molecular flexibility index (Phi) is 7.09. The first-order valence-electron chi connectivity index (χ1n) is 12.4. The van der Waals surface area contributed by atoms with Crippen LogP contribution in [-0.4, -0.2) is 41.4 Å². The normalized spacial score (nSPS) is 12.1. The summed E-state index contributed by atoms with van der Waals surface area (Å²) in [6.45, 7) is 4.35. The van der Waals surface area contributed by atoms with E-state index in [2.05, 4.69) is 0 Å². The molecule has 5 aromatic rings. The Balaban J connectivity index is 1.46. The van der Waals surface area contributed by atoms with Crippen molar-refractivity contribution in [3.05, 3.63) is 108 Å². The Hall–Kier alpha value is -4.27. The first kappa shape index (κ1) is 25.4. The first-order valence-corrected chi connectivity index (χ1v) is 13.8. The second-order valence-electron chi connectivity index (χ2n) is 8.67. The lowest BCUT2D eigenvalue weighted by molar-refractivity contribution is 0.104. The minimum atomic E-state index is -3.59. The van der Waals surface area contributed by atoms with Crippen LogP contribution >= 0.6 is 0 Å². The lowest BCUT2D eigenvalue weighted by Crippen LogP contribution is -2.30. The highest BCUT2D eigenvalue weighted by Crippen LogP contribution is 2.30. The number of furan rings is 1. The third-order valence-corrected chi connectivity index (χ3v) is 8.38. The summed E-state index contributed by atoms with van der Waals surface area (Å²) in [4.78, 5) is 13.2. The maximum absolute atomic E-state index is 13.0. The van der Waals surface area contributed by atoms with Crippen molar-refractivity contribution >= 4 is 32.9 Å². The molecular weight excluding hydrogens is 498 g/mol. The molecule has 0 amide bonds. The van der Waals surface area contributed by atoms with E-state index in [-0.39, 0.29) is 10.7 Å². The number of benzene rings is 3. The number of sulfonamides is 1. The minimum absolute atomic E-state index is 0.165. The molecule has 2 heterocycles. The van der Waals surface area contributed by atoms with Crippen molar-refractivity contribution in [2.45, 2.75) is 18.7 Å². The Morgan fingerprint density at radius 2 is 1.63 bits per heavy atom. The van der Waals surface area contributed by atoms with Crippen molar-refractivity contribution in [1.29, 1.82) is 0 Å². The number of rotatable bonds is 9. The predicted molar refractivity (Wildman–Crippen MR) is 149 cm³/mol. The summed E-state index contributed by atoms with van der Waals surface area (Å²) in [6.07, 6.45) is 5.02. The van der Waals surface area contributed by atoms with E-state index in [1.165, 1.54) is 34.6 Å². The van der Waals surface area contributed by atoms with E-state index in [4.69, 9.17) is 9.52 Å². The number of aromatic nitrogens is 2. The van der Waals surface area contributed by atoms with Crippen molar-refractivity contribution in [3.8, 4) is 17.1 Å². The Morgan fingerprint density at radius 3 is 2.32 bits per heavy atom. The summed E-state index contributed by atoms with van der Waals surface area (Å²) in [5, 5.41) is 5.72. The maximum Gasteiger partial charge on any atom is 0.243 e. The summed E-state index contributed by atoms with van der Waals surface area (Å²) in [5.41, 5.74) is 3.33. The molecule has 192 valence electrons. The molecule has 0 atom stereocenters. The van der Waals surface area contributed by atoms with E-state index in [0.29, 0.717) is 35.7 Å². The Bertz CT molecular complexity index is 1680. The van der Waals surface area contributed by atoms with Gasteiger partial charge in [-0.05, 0) is 60.7 Å². The SMILES string of the molecule is CCN(CC)S(=O)(=O)c1ccc(C(=O)/C=C/c2cn(-c3ccccc3)nc2-c2cc3ccccc3o2)cc1. The molecule has 0 saturated heterocycles. The van der Waals surface area contributed by atoms with Crippen LogP contribution in [0.1, 0.15) is 29.8 Å². The molecule has 0 aliphatic carbocycles. The number of allylic oxidation sites excluding steroid dienone is 1. The van der Waals surface area contributed by atoms with Gasteiger partial charge in [0.05, 0.1) is 10.6 Å². The number of para-hydroxylation sites is 2. The van der Waals surface area contributed by atoms with E-state index in [0.717, 1.165) is 16.7 Å². The Morgan fingerprint density at radius 1 is 0.947 bits per heavy atom. The lowest BCUT2D eigenvalue weighted by atomic mass is 10.1. The fraction of sp³-hybridized carbons (Fsp3) is 0.133. The molecule has 2 aromatic heterocycles. The van der Waals surface area contributed by atoms with Gasteiger partial charge in [-0.2, -0.15) is 9.40 Å². The molecule has 0 fully saturated rings. The van der Waals surface area contributed by atoms with Crippen LogP contribution < -0.4 is 0 Å². The van der Waals surface area contributed by atoms with E-state index in [1.54, 1.807) is 24.6 Å². The second kappa shape index (κ2) is 10.6. The quantitative estimate of drug-likeness (QED) is 0.169. The maximum atomic E-state index is 13.0. The zero-order valence-electron chi connectivity index (χ0n) is 21.1. The highest BCUT2D eigenvalue weighted by Gasteiger charge is 2.21. The average molecular weight is 526 g/mol. The van der Waals surface area contributed by atoms with Crippen LogP contribution in [-0.2, 0) is 10.0 Å². The van der Waals surface area contributed by atoms with Gasteiger partial charge >= 0.3 is 0 Å². The van der Waals surface area contributed by atoms with Gasteiger partial charge < -0.3 is 4.42 Å². The van der Waals surface area contributed by atoms with Gasteiger partial charge in [0.2, 0.25) is 10.0 Å². The summed E-state index contributed by atoms with van der Waals surface area (Å²) in [6, 6.07) is 25.4. The van der Waals surface area contributed by atoms with Crippen LogP contribution in [0.3, 0.4) is 0 Å². The number of fused-ring (bicyclic) bond motifs is 1. The standard InChI is InChI=1S/C30H27N3O4S/c1-3-32(4-2)38(35,36)26-17-14-22(15-18-26)27(34)19-16-24-21-33(25-11-6-5-7-12-25)31-30(24)29-20-23-10-8-9-13-28(23)37-29/h5-21H,3-4H2,1-2H3/b19-16+. The molecule has 38 heavy (non-hydrogen) atoms. The summed E-state index contributed by atoms with van der Waals surface area (Å²) >= 11 is 0. The van der Waals surface area contributed by atoms with Crippen LogP contribution in [0.25, 0.3) is 34.2 Å². The number of ketones is 1. The second-order valence-corrected chi connectivity index (χ2v) is 10.6. The first-order chi connectivity index (χ1) is 18.4. The zero-order chi connectivity index (χ0) is 26.7. The smallest absolute Gasteiger partial charge is 0.243 e. The molecule has 7 nitrogen and oxygen atoms in total. The third kappa shape index (κ3) is 4.96. The topological polar surface area (TPSA) is 85.4 Å². The summed E-state index contributed by atoms with van der Waals surface area (Å²) in [5.74, 6) is 0.346. The van der Waals surface area contributed by atoms with Gasteiger partial charge in [0.15, 0.2) is 11.5 Å². The zero-order valence-corrected chi connectivity index (χ0v) is 21.9. The molecular formula is C30H27N3O4S. The van der Waals surface area contributed by atoms with Gasteiger partial charge in [0.1, 0.15) is 11.3 Å². The highest BCUT2D eigenvalue weighted by molar-refractivity contribution is 7.89. The molecule has 0 N–H and O–H groups in total. The van der Waals surface area contributed by atoms with Crippen molar-refractivity contribution in [2.24, 2.45) is 0 Å². The van der Waals surface area contributed by atoms with Gasteiger partial charge in [-0.25, -0.2) is 13.1 Å². The summed E-state index contributed by atoms with van der Waals surface area (Å²) in [7, 11) is -3.59. The van der Waals surface area contributed by atoms with Crippen LogP contribution in [0.15, 0.2) is 107 Å². The summed E-state index contributed by atoms with van der Waals surface area (Å²) < 4.78 is 34.7. The van der Waals surface area contributed by atoms with Crippen molar-refractivity contribution < 1.29 is 17.6 Å². The van der Waals surface area contributed by atoms with Gasteiger partial charge in [0.25, 0.3) is 0 Å². The molecule has 3 aromatic carbocycles. The largest absolute Gasteiger partial charge is 0.454 e. The fourth-order valence-corrected chi connectivity index (χ4v) is 5.74. The molecule has 0 unspecified atom stereocenters. The van der Waals surface area contributed by atoms with E-state index >= 15 is 0 Å². The fourth-order valence-electron chi connectivity index (χ4n) is 4.28. The van der Waals surface area contributed by atoms with Crippen LogP contribution in [0, 0.1) is 0 Å². The number of hydrogen-bond donors (Lipinski definition) is 0. The van der Waals surface area contributed by atoms with Crippen molar-refractivity contribution in [2.75, 3.05) is 13.1 Å². The van der Waals surface area contributed by atoms with E-state index < -0.39 is 10.0 Å². The number of hydrogen-bond acceptors (Lipinski definition) is 5. The van der Waals surface area contributed by atoms with Gasteiger partial charge in [0, 0.05) is 35.8 Å². The van der Waals surface area contributed by atoms with Crippen LogP contribution in [0.2, 0.25) is 0 Å². The van der Waals surface area contributed by atoms with Crippen molar-refractivity contribution in [1.82, 2.24) is 14.1 Å². The number of nitrogens with zero attached hydrogens (tertiary/aromatic N) is 3. The molecule has 0 aliphatic rings. The van der Waals surface area contributed by atoms with Gasteiger partial charge in [-0.1, -0.05) is 50.2 Å². The molecule has 8 heteroatoms. The van der Waals surface area contributed by atoms with Crippen molar-refractivity contribution in [3.63, 3.8) is 0 Å². The monoisotopic (exact) mass is 525 g/mol. The molecule has 0 bridgehead atoms. The Labute approximate surface area is 221 Å². The third-order valence-electron chi connectivity index (χ3n) is 6.32.